The van der Waals surface area contributed by atoms with Crippen molar-refractivity contribution in [3.63, 3.8) is 0 Å². The van der Waals surface area contributed by atoms with Crippen molar-refractivity contribution >= 4 is 23.8 Å². The van der Waals surface area contributed by atoms with Crippen molar-refractivity contribution in [3.8, 4) is 0 Å². The van der Waals surface area contributed by atoms with Crippen LogP contribution in [0, 0.1) is 6.92 Å². The second-order valence-electron chi connectivity index (χ2n) is 1.93. The Balaban J connectivity index is 3.28. The molecule has 1 aromatic heterocycles. The lowest BCUT2D eigenvalue weighted by Gasteiger charge is -1.88. The van der Waals surface area contributed by atoms with Crippen LogP contribution in [0.1, 0.15) is 25.7 Å². The molecule has 1 heterocycles. The van der Waals surface area contributed by atoms with Crippen molar-refractivity contribution in [1.82, 2.24) is 4.37 Å². The summed E-state index contributed by atoms with van der Waals surface area (Å²) in [7, 11) is 0. The molecular weight excluding hydrogens is 166 g/mol. The third-order valence-corrected chi connectivity index (χ3v) is 2.07. The van der Waals surface area contributed by atoms with Crippen molar-refractivity contribution in [2.75, 3.05) is 0 Å². The van der Waals surface area contributed by atoms with Gasteiger partial charge in [0.25, 0.3) is 0 Å². The molecule has 0 aliphatic heterocycles. The molecule has 0 aliphatic rings. The van der Waals surface area contributed by atoms with Crippen LogP contribution in [0.2, 0.25) is 0 Å². The Labute approximate surface area is 66.6 Å². The van der Waals surface area contributed by atoms with Crippen molar-refractivity contribution in [3.05, 3.63) is 16.1 Å². The molecule has 4 nitrogen and oxygen atoms in total. The van der Waals surface area contributed by atoms with Crippen LogP contribution in [0.15, 0.2) is 0 Å². The maximum absolute atomic E-state index is 10.5. The van der Waals surface area contributed by atoms with E-state index in [1.807, 2.05) is 0 Å². The van der Waals surface area contributed by atoms with Crippen LogP contribution in [0.4, 0.5) is 0 Å². The summed E-state index contributed by atoms with van der Waals surface area (Å²) in [5.41, 5.74) is 0.412. The molecule has 0 bridgehead atoms. The van der Waals surface area contributed by atoms with E-state index < -0.39 is 5.97 Å². The zero-order valence-electron chi connectivity index (χ0n) is 5.70. The van der Waals surface area contributed by atoms with Gasteiger partial charge in [-0.05, 0) is 18.5 Å². The number of carbonyl (C=O) groups excluding carboxylic acids is 1. The van der Waals surface area contributed by atoms with Gasteiger partial charge in [-0.25, -0.2) is 4.79 Å². The molecule has 0 amide bonds. The van der Waals surface area contributed by atoms with E-state index in [-0.39, 0.29) is 10.4 Å². The molecule has 0 spiro atoms. The number of carboxylic acids is 1. The van der Waals surface area contributed by atoms with Crippen molar-refractivity contribution in [1.29, 1.82) is 0 Å². The van der Waals surface area contributed by atoms with Gasteiger partial charge in [0.1, 0.15) is 10.4 Å². The van der Waals surface area contributed by atoms with Gasteiger partial charge in [-0.2, -0.15) is 4.37 Å². The number of carbonyl (C=O) groups is 2. The largest absolute Gasteiger partial charge is 0.478 e. The minimum absolute atomic E-state index is 0.0185. The zero-order valence-corrected chi connectivity index (χ0v) is 6.51. The molecule has 1 aromatic rings. The number of rotatable bonds is 2. The van der Waals surface area contributed by atoms with Gasteiger partial charge in [0.2, 0.25) is 0 Å². The molecule has 1 rings (SSSR count). The maximum atomic E-state index is 10.5. The van der Waals surface area contributed by atoms with Crippen LogP contribution in [-0.4, -0.2) is 21.7 Å². The van der Waals surface area contributed by atoms with E-state index in [1.54, 1.807) is 6.92 Å². The highest BCUT2D eigenvalue weighted by Crippen LogP contribution is 2.15. The highest BCUT2D eigenvalue weighted by atomic mass is 32.1. The quantitative estimate of drug-likeness (QED) is 0.673. The third-order valence-electron chi connectivity index (χ3n) is 1.21. The molecule has 0 aliphatic carbocycles. The van der Waals surface area contributed by atoms with Gasteiger partial charge in [0, 0.05) is 0 Å². The summed E-state index contributed by atoms with van der Waals surface area (Å²) >= 11 is 0.906. The van der Waals surface area contributed by atoms with Gasteiger partial charge in [-0.3, -0.25) is 4.79 Å². The van der Waals surface area contributed by atoms with E-state index in [9.17, 15) is 9.59 Å². The summed E-state index contributed by atoms with van der Waals surface area (Å²) < 4.78 is 3.74. The van der Waals surface area contributed by atoms with Gasteiger partial charge >= 0.3 is 5.97 Å². The molecule has 0 unspecified atom stereocenters. The molecule has 0 saturated carbocycles. The van der Waals surface area contributed by atoms with Gasteiger partial charge in [-0.15, -0.1) is 0 Å². The lowest BCUT2D eigenvalue weighted by Crippen LogP contribution is -1.99. The van der Waals surface area contributed by atoms with Crippen LogP contribution in [0.25, 0.3) is 0 Å². The Morgan fingerprint density at radius 3 is 2.73 bits per heavy atom. The molecule has 0 atom stereocenters. The molecule has 11 heavy (non-hydrogen) atoms. The predicted octanol–water partition coefficient (Wildman–Crippen LogP) is 0.962. The molecule has 0 radical (unpaired) electrons. The van der Waals surface area contributed by atoms with Crippen molar-refractivity contribution in [2.24, 2.45) is 0 Å². The summed E-state index contributed by atoms with van der Waals surface area (Å²) in [6.07, 6.45) is 0.508. The van der Waals surface area contributed by atoms with Crippen LogP contribution in [-0.2, 0) is 0 Å². The Bertz CT molecular complexity index is 305. The molecule has 5 heteroatoms. The van der Waals surface area contributed by atoms with Crippen molar-refractivity contribution in [2.45, 2.75) is 6.92 Å². The number of aryl methyl sites for hydroxylation is 1. The van der Waals surface area contributed by atoms with Gasteiger partial charge in [0.05, 0.1) is 5.69 Å². The Morgan fingerprint density at radius 1 is 1.73 bits per heavy atom. The number of aromatic carboxylic acids is 1. The summed E-state index contributed by atoms with van der Waals surface area (Å²) in [5.74, 6) is -1.10. The first-order valence-corrected chi connectivity index (χ1v) is 3.59. The van der Waals surface area contributed by atoms with Crippen LogP contribution in [0.5, 0.6) is 0 Å². The van der Waals surface area contributed by atoms with E-state index in [1.165, 1.54) is 0 Å². The fourth-order valence-corrected chi connectivity index (χ4v) is 1.42. The zero-order chi connectivity index (χ0) is 8.43. The Morgan fingerprint density at radius 2 is 2.36 bits per heavy atom. The van der Waals surface area contributed by atoms with E-state index >= 15 is 0 Å². The number of carboxylic acid groups (broad SMARTS) is 1. The van der Waals surface area contributed by atoms with E-state index in [0.29, 0.717) is 12.0 Å². The summed E-state index contributed by atoms with van der Waals surface area (Å²) in [6.45, 7) is 1.56. The number of aldehydes is 1. The third kappa shape index (κ3) is 1.27. The number of hydrogen-bond acceptors (Lipinski definition) is 4. The summed E-state index contributed by atoms with van der Waals surface area (Å²) in [5, 5.41) is 8.57. The summed E-state index contributed by atoms with van der Waals surface area (Å²) in [4.78, 5) is 20.9. The fourth-order valence-electron chi connectivity index (χ4n) is 0.728. The lowest BCUT2D eigenvalue weighted by atomic mass is 10.2. The standard InChI is InChI=1S/C6H5NO3S/c1-3-5(6(9)10)4(2-8)11-7-3/h2H,1H3,(H,9,10). The molecular formula is C6H5NO3S. The first-order valence-electron chi connectivity index (χ1n) is 2.81. The first kappa shape index (κ1) is 7.87. The fraction of sp³-hybridized carbons (Fsp3) is 0.167. The van der Waals surface area contributed by atoms with Crippen LogP contribution in [0.3, 0.4) is 0 Å². The van der Waals surface area contributed by atoms with E-state index in [2.05, 4.69) is 4.37 Å². The monoisotopic (exact) mass is 171 g/mol. The molecule has 0 saturated heterocycles. The SMILES string of the molecule is Cc1nsc(C=O)c1C(=O)O. The average molecular weight is 171 g/mol. The smallest absolute Gasteiger partial charge is 0.339 e. The minimum Gasteiger partial charge on any atom is -0.478 e. The first-order chi connectivity index (χ1) is 5.16. The Kier molecular flexibility index (Phi) is 2.00. The van der Waals surface area contributed by atoms with E-state index in [4.69, 9.17) is 5.11 Å². The second-order valence-corrected chi connectivity index (χ2v) is 2.74. The summed E-state index contributed by atoms with van der Waals surface area (Å²) in [6, 6.07) is 0. The minimum atomic E-state index is -1.10. The van der Waals surface area contributed by atoms with Crippen LogP contribution >= 0.6 is 11.5 Å². The molecule has 0 aromatic carbocycles. The lowest BCUT2D eigenvalue weighted by molar-refractivity contribution is 0.0694. The predicted molar refractivity (Wildman–Crippen MR) is 39.2 cm³/mol. The van der Waals surface area contributed by atoms with E-state index in [0.717, 1.165) is 11.5 Å². The maximum Gasteiger partial charge on any atom is 0.339 e. The van der Waals surface area contributed by atoms with Gasteiger partial charge in [0.15, 0.2) is 6.29 Å². The van der Waals surface area contributed by atoms with Gasteiger partial charge in [-0.1, -0.05) is 0 Å². The van der Waals surface area contributed by atoms with Crippen molar-refractivity contribution < 1.29 is 14.7 Å². The second kappa shape index (κ2) is 2.79. The van der Waals surface area contributed by atoms with Crippen LogP contribution < -0.4 is 0 Å². The number of hydrogen-bond donors (Lipinski definition) is 1. The molecule has 58 valence electrons. The molecule has 1 N–H and O–H groups in total. The highest BCUT2D eigenvalue weighted by Gasteiger charge is 2.15. The topological polar surface area (TPSA) is 67.3 Å². The normalized spacial score (nSPS) is 9.55. The average Bonchev–Trinajstić information content (AvgIpc) is 2.30. The number of aromatic nitrogens is 1. The van der Waals surface area contributed by atoms with Gasteiger partial charge < -0.3 is 5.11 Å². The molecule has 0 fully saturated rings. The Hall–Kier alpha value is -1.23. The highest BCUT2D eigenvalue weighted by molar-refractivity contribution is 7.08. The number of nitrogens with zero attached hydrogens (tertiary/aromatic N) is 1.